The zero-order valence-corrected chi connectivity index (χ0v) is 11.8. The Bertz CT molecular complexity index is 213. The summed E-state index contributed by atoms with van der Waals surface area (Å²) in [4.78, 5) is 0. The van der Waals surface area contributed by atoms with Crippen molar-refractivity contribution in [3.05, 3.63) is 11.6 Å². The molecule has 1 aliphatic rings. The largest absolute Gasteiger partial charge is 0.353 e. The van der Waals surface area contributed by atoms with E-state index in [2.05, 4.69) is 19.3 Å². The van der Waals surface area contributed by atoms with Crippen molar-refractivity contribution in [3.63, 3.8) is 0 Å². The summed E-state index contributed by atoms with van der Waals surface area (Å²) in [6.07, 6.45) is 8.75. The van der Waals surface area contributed by atoms with E-state index in [9.17, 15) is 0 Å². The molecule has 4 heteroatoms. The van der Waals surface area contributed by atoms with Gasteiger partial charge in [-0.05, 0) is 44.6 Å². The molecule has 1 heterocycles. The Morgan fingerprint density at radius 3 is 3.06 bits per heavy atom. The second-order valence-corrected chi connectivity index (χ2v) is 5.25. The van der Waals surface area contributed by atoms with Gasteiger partial charge < -0.3 is 14.2 Å². The van der Waals surface area contributed by atoms with E-state index in [1.165, 1.54) is 17.7 Å². The Hall–Kier alpha value is -0.0300. The smallest absolute Gasteiger partial charge is 0.160 e. The van der Waals surface area contributed by atoms with Crippen molar-refractivity contribution in [1.29, 1.82) is 0 Å². The van der Waals surface area contributed by atoms with Gasteiger partial charge in [0.1, 0.15) is 6.79 Å². The van der Waals surface area contributed by atoms with Crippen LogP contribution in [0.25, 0.3) is 0 Å². The number of hydrogen-bond donors (Lipinski definition) is 0. The van der Waals surface area contributed by atoms with Crippen LogP contribution in [-0.2, 0) is 14.2 Å². The first-order chi connectivity index (χ1) is 8.33. The van der Waals surface area contributed by atoms with Gasteiger partial charge >= 0.3 is 0 Å². The van der Waals surface area contributed by atoms with E-state index in [1.807, 2.05) is 11.8 Å². The van der Waals surface area contributed by atoms with Gasteiger partial charge in [0, 0.05) is 6.61 Å². The minimum Gasteiger partial charge on any atom is -0.353 e. The molecule has 17 heavy (non-hydrogen) atoms. The molecule has 0 spiro atoms. The third-order valence-electron chi connectivity index (χ3n) is 2.62. The standard InChI is InChI=1S/C13H24O3S/c1-12(6-5-9-17-2)10-14-11-16-13-7-3-4-8-15-13/h6,13H,3-5,7-11H2,1-2H3/b12-6+. The first-order valence-corrected chi connectivity index (χ1v) is 7.68. The van der Waals surface area contributed by atoms with E-state index in [0.717, 1.165) is 25.9 Å². The molecular formula is C13H24O3S. The van der Waals surface area contributed by atoms with Crippen molar-refractivity contribution < 1.29 is 14.2 Å². The van der Waals surface area contributed by atoms with Crippen LogP contribution in [-0.4, -0.2) is 38.3 Å². The topological polar surface area (TPSA) is 27.7 Å². The molecule has 0 N–H and O–H groups in total. The molecule has 0 bridgehead atoms. The fourth-order valence-electron chi connectivity index (χ4n) is 1.65. The Morgan fingerprint density at radius 1 is 1.47 bits per heavy atom. The highest BCUT2D eigenvalue weighted by Crippen LogP contribution is 2.13. The summed E-state index contributed by atoms with van der Waals surface area (Å²) in [6.45, 7) is 3.90. The van der Waals surface area contributed by atoms with E-state index in [0.29, 0.717) is 13.4 Å². The van der Waals surface area contributed by atoms with Gasteiger partial charge in [0.05, 0.1) is 6.61 Å². The van der Waals surface area contributed by atoms with Crippen molar-refractivity contribution in [2.24, 2.45) is 0 Å². The molecular weight excluding hydrogens is 236 g/mol. The van der Waals surface area contributed by atoms with Crippen molar-refractivity contribution in [1.82, 2.24) is 0 Å². The molecule has 1 atom stereocenters. The first-order valence-electron chi connectivity index (χ1n) is 6.28. The van der Waals surface area contributed by atoms with Gasteiger partial charge in [-0.3, -0.25) is 0 Å². The third kappa shape index (κ3) is 7.82. The Morgan fingerprint density at radius 2 is 2.35 bits per heavy atom. The lowest BCUT2D eigenvalue weighted by Crippen LogP contribution is -2.23. The van der Waals surface area contributed by atoms with E-state index in [1.54, 1.807) is 0 Å². The minimum absolute atomic E-state index is 0.0514. The third-order valence-corrected chi connectivity index (χ3v) is 3.26. The van der Waals surface area contributed by atoms with Gasteiger partial charge in [-0.15, -0.1) is 0 Å². The summed E-state index contributed by atoms with van der Waals surface area (Å²) < 4.78 is 16.4. The zero-order valence-electron chi connectivity index (χ0n) is 10.9. The van der Waals surface area contributed by atoms with Gasteiger partial charge in [0.15, 0.2) is 6.29 Å². The average Bonchev–Trinajstić information content (AvgIpc) is 2.36. The molecule has 0 radical (unpaired) electrons. The second kappa shape index (κ2) is 9.95. The number of allylic oxidation sites excluding steroid dienone is 1. The fourth-order valence-corrected chi connectivity index (χ4v) is 2.00. The quantitative estimate of drug-likeness (QED) is 0.380. The lowest BCUT2D eigenvalue weighted by Gasteiger charge is -2.22. The predicted molar refractivity (Wildman–Crippen MR) is 72.3 cm³/mol. The highest BCUT2D eigenvalue weighted by molar-refractivity contribution is 7.98. The van der Waals surface area contributed by atoms with Crippen molar-refractivity contribution in [2.75, 3.05) is 32.0 Å². The lowest BCUT2D eigenvalue weighted by atomic mass is 10.2. The van der Waals surface area contributed by atoms with Crippen LogP contribution in [0.5, 0.6) is 0 Å². The highest BCUT2D eigenvalue weighted by Gasteiger charge is 2.13. The SMILES string of the molecule is CSCC/C=C(\C)COCOC1CCCCO1. The molecule has 100 valence electrons. The summed E-state index contributed by atoms with van der Waals surface area (Å²) >= 11 is 1.86. The molecule has 0 amide bonds. The Balaban J connectivity index is 1.97. The number of hydrogen-bond acceptors (Lipinski definition) is 4. The summed E-state index contributed by atoms with van der Waals surface area (Å²) in [5.41, 5.74) is 1.27. The average molecular weight is 260 g/mol. The molecule has 1 unspecified atom stereocenters. The first kappa shape index (κ1) is 15.0. The van der Waals surface area contributed by atoms with Gasteiger partial charge in [-0.1, -0.05) is 11.6 Å². The molecule has 0 aliphatic carbocycles. The van der Waals surface area contributed by atoms with Crippen LogP contribution in [0.4, 0.5) is 0 Å². The van der Waals surface area contributed by atoms with Gasteiger partial charge in [0.25, 0.3) is 0 Å². The maximum absolute atomic E-state index is 5.48. The summed E-state index contributed by atoms with van der Waals surface area (Å²) in [7, 11) is 0. The molecule has 1 rings (SSSR count). The van der Waals surface area contributed by atoms with Crippen LogP contribution in [0.2, 0.25) is 0 Å². The maximum atomic E-state index is 5.48. The van der Waals surface area contributed by atoms with Gasteiger partial charge in [-0.2, -0.15) is 11.8 Å². The van der Waals surface area contributed by atoms with Gasteiger partial charge in [-0.25, -0.2) is 0 Å². The molecule has 0 aromatic heterocycles. The number of rotatable bonds is 8. The van der Waals surface area contributed by atoms with E-state index in [4.69, 9.17) is 14.2 Å². The molecule has 1 fully saturated rings. The van der Waals surface area contributed by atoms with Crippen LogP contribution in [0.15, 0.2) is 11.6 Å². The maximum Gasteiger partial charge on any atom is 0.160 e. The number of ether oxygens (including phenoxy) is 3. The Kier molecular flexibility index (Phi) is 8.79. The molecule has 1 saturated heterocycles. The van der Waals surface area contributed by atoms with Crippen molar-refractivity contribution in [2.45, 2.75) is 38.9 Å². The summed E-state index contributed by atoms with van der Waals surface area (Å²) in [5, 5.41) is 0. The van der Waals surface area contributed by atoms with E-state index >= 15 is 0 Å². The van der Waals surface area contributed by atoms with Crippen molar-refractivity contribution >= 4 is 11.8 Å². The summed E-state index contributed by atoms with van der Waals surface area (Å²) in [6, 6.07) is 0. The van der Waals surface area contributed by atoms with Crippen LogP contribution in [0, 0.1) is 0 Å². The van der Waals surface area contributed by atoms with Crippen LogP contribution < -0.4 is 0 Å². The number of thioether (sulfide) groups is 1. The fraction of sp³-hybridized carbons (Fsp3) is 0.846. The normalized spacial score (nSPS) is 21.8. The zero-order chi connectivity index (χ0) is 12.3. The molecule has 3 nitrogen and oxygen atoms in total. The Labute approximate surface area is 109 Å². The monoisotopic (exact) mass is 260 g/mol. The van der Waals surface area contributed by atoms with Crippen LogP contribution >= 0.6 is 11.8 Å². The molecule has 0 saturated carbocycles. The van der Waals surface area contributed by atoms with Crippen LogP contribution in [0.3, 0.4) is 0 Å². The highest BCUT2D eigenvalue weighted by atomic mass is 32.2. The second-order valence-electron chi connectivity index (χ2n) is 4.26. The van der Waals surface area contributed by atoms with E-state index < -0.39 is 0 Å². The minimum atomic E-state index is -0.0514. The predicted octanol–water partition coefficient (Wildman–Crippen LogP) is 3.20. The lowest BCUT2D eigenvalue weighted by molar-refractivity contribution is -0.206. The van der Waals surface area contributed by atoms with Gasteiger partial charge in [0.2, 0.25) is 0 Å². The molecule has 0 aromatic rings. The molecule has 0 aromatic carbocycles. The summed E-state index contributed by atoms with van der Waals surface area (Å²) in [5.74, 6) is 1.17. The van der Waals surface area contributed by atoms with Crippen LogP contribution in [0.1, 0.15) is 32.6 Å². The van der Waals surface area contributed by atoms with E-state index in [-0.39, 0.29) is 6.29 Å². The molecule has 1 aliphatic heterocycles. The van der Waals surface area contributed by atoms with Crippen molar-refractivity contribution in [3.8, 4) is 0 Å².